The molecule has 3 rings (SSSR count). The summed E-state index contributed by atoms with van der Waals surface area (Å²) >= 11 is 0. The van der Waals surface area contributed by atoms with Crippen molar-refractivity contribution in [3.8, 4) is 6.07 Å². The van der Waals surface area contributed by atoms with Crippen molar-refractivity contribution < 1.29 is 5.11 Å². The fourth-order valence-electron chi connectivity index (χ4n) is 2.70. The summed E-state index contributed by atoms with van der Waals surface area (Å²) in [5.41, 5.74) is 1.25. The number of aliphatic hydroxyl groups is 1. The molecular weight excluding hydrogens is 306 g/mol. The Bertz CT molecular complexity index is 735. The maximum absolute atomic E-state index is 9.85. The van der Waals surface area contributed by atoms with Crippen LogP contribution in [0.15, 0.2) is 18.6 Å². The Balaban J connectivity index is 1.66. The van der Waals surface area contributed by atoms with Crippen LogP contribution in [0.3, 0.4) is 0 Å². The molecule has 0 radical (unpaired) electrons. The van der Waals surface area contributed by atoms with E-state index in [0.29, 0.717) is 30.3 Å². The van der Waals surface area contributed by atoms with Gasteiger partial charge in [0.05, 0.1) is 18.5 Å². The van der Waals surface area contributed by atoms with E-state index in [1.165, 1.54) is 6.20 Å². The predicted molar refractivity (Wildman–Crippen MR) is 89.3 cm³/mol. The molecule has 2 aromatic rings. The Labute approximate surface area is 140 Å². The summed E-state index contributed by atoms with van der Waals surface area (Å²) in [6.45, 7) is 4.66. The fourth-order valence-corrected chi connectivity index (χ4v) is 2.70. The van der Waals surface area contributed by atoms with Gasteiger partial charge in [-0.3, -0.25) is 5.10 Å². The first-order chi connectivity index (χ1) is 11.5. The van der Waals surface area contributed by atoms with Crippen LogP contribution in [0.25, 0.3) is 0 Å². The molecule has 4 N–H and O–H groups in total. The van der Waals surface area contributed by atoms with Crippen molar-refractivity contribution >= 4 is 11.8 Å². The fraction of sp³-hybridized carbons (Fsp3) is 0.500. The van der Waals surface area contributed by atoms with Crippen LogP contribution in [0.4, 0.5) is 11.8 Å². The van der Waals surface area contributed by atoms with Crippen LogP contribution in [-0.2, 0) is 6.42 Å². The molecule has 1 saturated carbocycles. The molecule has 8 heteroatoms. The lowest BCUT2D eigenvalue weighted by Gasteiger charge is -2.49. The molecule has 2 atom stereocenters. The second-order valence-electron chi connectivity index (χ2n) is 6.62. The first kappa shape index (κ1) is 16.2. The molecule has 8 nitrogen and oxygen atoms in total. The van der Waals surface area contributed by atoms with E-state index in [2.05, 4.69) is 36.9 Å². The summed E-state index contributed by atoms with van der Waals surface area (Å²) in [6.07, 6.45) is 6.24. The predicted octanol–water partition coefficient (Wildman–Crippen LogP) is 1.30. The van der Waals surface area contributed by atoms with Gasteiger partial charge in [-0.2, -0.15) is 15.3 Å². The average molecular weight is 327 g/mol. The standard InChI is InChI=1S/C16H21N7O/c1-16(2)12(5-13(16)24)22-14-11(6-17)9-19-15(23-14)18-4-3-10-7-20-21-8-10/h7-9,12-13,24H,3-5H2,1-2H3,(H,20,21)(H2,18,19,22,23)/t12-,13+/m1/s1. The maximum Gasteiger partial charge on any atom is 0.224 e. The minimum absolute atomic E-state index is 0.0771. The zero-order chi connectivity index (χ0) is 17.2. The second kappa shape index (κ2) is 6.45. The van der Waals surface area contributed by atoms with Crippen LogP contribution in [0, 0.1) is 16.7 Å². The molecule has 2 heterocycles. The number of aliphatic hydroxyl groups excluding tert-OH is 1. The van der Waals surface area contributed by atoms with E-state index in [-0.39, 0.29) is 17.6 Å². The zero-order valence-electron chi connectivity index (χ0n) is 13.7. The average Bonchev–Trinajstić information content (AvgIpc) is 3.08. The molecule has 0 unspecified atom stereocenters. The number of aromatic nitrogens is 4. The van der Waals surface area contributed by atoms with Crippen LogP contribution in [0.2, 0.25) is 0 Å². The summed E-state index contributed by atoms with van der Waals surface area (Å²) in [6, 6.07) is 2.18. The summed E-state index contributed by atoms with van der Waals surface area (Å²) in [7, 11) is 0. The van der Waals surface area contributed by atoms with Gasteiger partial charge in [0.25, 0.3) is 0 Å². The highest BCUT2D eigenvalue weighted by Gasteiger charge is 2.47. The van der Waals surface area contributed by atoms with E-state index in [0.717, 1.165) is 12.0 Å². The summed E-state index contributed by atoms with van der Waals surface area (Å²) in [5, 5.41) is 32.2. The van der Waals surface area contributed by atoms with Gasteiger partial charge in [0.1, 0.15) is 17.5 Å². The Morgan fingerprint density at radius 3 is 2.92 bits per heavy atom. The number of hydrogen-bond donors (Lipinski definition) is 4. The van der Waals surface area contributed by atoms with Crippen LogP contribution in [0.5, 0.6) is 0 Å². The number of nitrogens with one attached hydrogen (secondary N) is 3. The number of rotatable bonds is 6. The lowest BCUT2D eigenvalue weighted by Crippen LogP contribution is -2.57. The molecular formula is C16H21N7O. The molecule has 0 spiro atoms. The van der Waals surface area contributed by atoms with Crippen molar-refractivity contribution in [2.24, 2.45) is 5.41 Å². The van der Waals surface area contributed by atoms with Crippen LogP contribution in [0.1, 0.15) is 31.4 Å². The molecule has 2 aromatic heterocycles. The van der Waals surface area contributed by atoms with Gasteiger partial charge >= 0.3 is 0 Å². The minimum Gasteiger partial charge on any atom is -0.392 e. The topological polar surface area (TPSA) is 123 Å². The SMILES string of the molecule is CC1(C)[C@@H](O)C[C@H]1Nc1nc(NCCc2cn[nH]c2)ncc1C#N. The molecule has 24 heavy (non-hydrogen) atoms. The van der Waals surface area contributed by atoms with Gasteiger partial charge in [-0.1, -0.05) is 13.8 Å². The molecule has 1 fully saturated rings. The molecule has 0 aromatic carbocycles. The third-order valence-corrected chi connectivity index (χ3v) is 4.69. The van der Waals surface area contributed by atoms with Gasteiger partial charge in [0, 0.05) is 24.2 Å². The molecule has 0 saturated heterocycles. The minimum atomic E-state index is -0.338. The summed E-state index contributed by atoms with van der Waals surface area (Å²) in [4.78, 5) is 8.59. The van der Waals surface area contributed by atoms with E-state index < -0.39 is 0 Å². The molecule has 126 valence electrons. The van der Waals surface area contributed by atoms with Crippen molar-refractivity contribution in [3.05, 3.63) is 29.7 Å². The lowest BCUT2D eigenvalue weighted by molar-refractivity contribution is -0.0511. The highest BCUT2D eigenvalue weighted by molar-refractivity contribution is 5.54. The molecule has 0 bridgehead atoms. The zero-order valence-corrected chi connectivity index (χ0v) is 13.7. The van der Waals surface area contributed by atoms with E-state index in [1.54, 1.807) is 6.20 Å². The van der Waals surface area contributed by atoms with Gasteiger partial charge < -0.3 is 15.7 Å². The molecule has 1 aliphatic carbocycles. The van der Waals surface area contributed by atoms with E-state index in [1.807, 2.05) is 20.0 Å². The van der Waals surface area contributed by atoms with Gasteiger partial charge in [-0.25, -0.2) is 4.98 Å². The number of H-pyrrole nitrogens is 1. The Hall–Kier alpha value is -2.66. The first-order valence-electron chi connectivity index (χ1n) is 7.94. The normalized spacial score (nSPS) is 21.6. The van der Waals surface area contributed by atoms with E-state index >= 15 is 0 Å². The smallest absolute Gasteiger partial charge is 0.224 e. The number of hydrogen-bond acceptors (Lipinski definition) is 7. The summed E-state index contributed by atoms with van der Waals surface area (Å²) in [5.74, 6) is 0.973. The van der Waals surface area contributed by atoms with Gasteiger partial charge in [-0.15, -0.1) is 0 Å². The van der Waals surface area contributed by atoms with Gasteiger partial charge in [0.2, 0.25) is 5.95 Å². The van der Waals surface area contributed by atoms with Crippen LogP contribution >= 0.6 is 0 Å². The molecule has 0 aliphatic heterocycles. The van der Waals surface area contributed by atoms with Crippen LogP contribution in [-0.4, -0.2) is 44.0 Å². The lowest BCUT2D eigenvalue weighted by atomic mass is 9.64. The van der Waals surface area contributed by atoms with E-state index in [4.69, 9.17) is 0 Å². The quantitative estimate of drug-likeness (QED) is 0.630. The third kappa shape index (κ3) is 3.16. The summed E-state index contributed by atoms with van der Waals surface area (Å²) < 4.78 is 0. The number of anilines is 2. The molecule has 0 amide bonds. The highest BCUT2D eigenvalue weighted by Crippen LogP contribution is 2.42. The molecule has 1 aliphatic rings. The maximum atomic E-state index is 9.85. The first-order valence-corrected chi connectivity index (χ1v) is 7.94. The van der Waals surface area contributed by atoms with Crippen molar-refractivity contribution in [2.75, 3.05) is 17.2 Å². The monoisotopic (exact) mass is 327 g/mol. The number of aromatic amines is 1. The Kier molecular flexibility index (Phi) is 4.36. The number of nitrogens with zero attached hydrogens (tertiary/aromatic N) is 4. The highest BCUT2D eigenvalue weighted by atomic mass is 16.3. The Morgan fingerprint density at radius 2 is 2.29 bits per heavy atom. The largest absolute Gasteiger partial charge is 0.392 e. The van der Waals surface area contributed by atoms with Crippen molar-refractivity contribution in [1.29, 1.82) is 5.26 Å². The van der Waals surface area contributed by atoms with Gasteiger partial charge in [0.15, 0.2) is 0 Å². The number of nitriles is 1. The van der Waals surface area contributed by atoms with Crippen molar-refractivity contribution in [1.82, 2.24) is 20.2 Å². The Morgan fingerprint density at radius 1 is 1.46 bits per heavy atom. The second-order valence-corrected chi connectivity index (χ2v) is 6.62. The van der Waals surface area contributed by atoms with Crippen molar-refractivity contribution in [2.45, 2.75) is 38.8 Å². The van der Waals surface area contributed by atoms with E-state index in [9.17, 15) is 10.4 Å². The van der Waals surface area contributed by atoms with Crippen molar-refractivity contribution in [3.63, 3.8) is 0 Å². The van der Waals surface area contributed by atoms with Gasteiger partial charge in [-0.05, 0) is 18.4 Å². The van der Waals surface area contributed by atoms with Crippen LogP contribution < -0.4 is 10.6 Å². The third-order valence-electron chi connectivity index (χ3n) is 4.69.